The molecule has 2 rings (SSSR count). The van der Waals surface area contributed by atoms with Crippen molar-refractivity contribution in [2.75, 3.05) is 25.4 Å². The largest absolute Gasteiger partial charge is 0.325 e. The normalized spacial score (nSPS) is 29.1. The van der Waals surface area contributed by atoms with E-state index in [0.717, 1.165) is 0 Å². The average molecular weight is 256 g/mol. The molecule has 100 valence electrons. The first-order valence-electron chi connectivity index (χ1n) is 7.14. The van der Waals surface area contributed by atoms with Gasteiger partial charge in [0.1, 0.15) is 0 Å². The van der Waals surface area contributed by atoms with E-state index < -0.39 is 0 Å². The molecule has 0 amide bonds. The smallest absolute Gasteiger partial charge is 0.0231 e. The summed E-state index contributed by atoms with van der Waals surface area (Å²) in [7, 11) is 0. The van der Waals surface area contributed by atoms with Crippen LogP contribution < -0.4 is 5.73 Å². The van der Waals surface area contributed by atoms with Gasteiger partial charge in [0.2, 0.25) is 0 Å². The molecular weight excluding hydrogens is 228 g/mol. The SMILES string of the molecule is CC1(C)CN(CCC2(N)CCCCC2)CCS1. The van der Waals surface area contributed by atoms with Crippen molar-refractivity contribution in [3.05, 3.63) is 0 Å². The van der Waals surface area contributed by atoms with Crippen LogP contribution in [0.5, 0.6) is 0 Å². The molecule has 1 saturated carbocycles. The maximum absolute atomic E-state index is 6.51. The summed E-state index contributed by atoms with van der Waals surface area (Å²) in [6.07, 6.45) is 7.79. The summed E-state index contributed by atoms with van der Waals surface area (Å²) in [4.78, 5) is 2.62. The number of thioether (sulfide) groups is 1. The Morgan fingerprint density at radius 2 is 1.88 bits per heavy atom. The summed E-state index contributed by atoms with van der Waals surface area (Å²) in [6, 6.07) is 0. The highest BCUT2D eigenvalue weighted by Gasteiger charge is 2.30. The topological polar surface area (TPSA) is 29.3 Å². The lowest BCUT2D eigenvalue weighted by Gasteiger charge is -2.40. The quantitative estimate of drug-likeness (QED) is 0.842. The number of hydrogen-bond donors (Lipinski definition) is 1. The molecule has 0 radical (unpaired) electrons. The van der Waals surface area contributed by atoms with Crippen molar-refractivity contribution in [1.82, 2.24) is 4.90 Å². The minimum Gasteiger partial charge on any atom is -0.325 e. The number of rotatable bonds is 3. The molecule has 1 heterocycles. The lowest BCUT2D eigenvalue weighted by molar-refractivity contribution is 0.202. The zero-order valence-corrected chi connectivity index (χ0v) is 12.3. The zero-order chi connectivity index (χ0) is 12.4. The maximum atomic E-state index is 6.51. The van der Waals surface area contributed by atoms with Crippen LogP contribution in [0.2, 0.25) is 0 Å². The summed E-state index contributed by atoms with van der Waals surface area (Å²) in [5.41, 5.74) is 6.67. The third-order valence-corrected chi connectivity index (χ3v) is 5.58. The molecule has 0 aromatic rings. The first kappa shape index (κ1) is 13.7. The van der Waals surface area contributed by atoms with Crippen LogP contribution in [0.1, 0.15) is 52.4 Å². The fraction of sp³-hybridized carbons (Fsp3) is 1.00. The Bertz CT molecular complexity index is 247. The second kappa shape index (κ2) is 5.50. The molecule has 0 aromatic heterocycles. The summed E-state index contributed by atoms with van der Waals surface area (Å²) in [6.45, 7) is 8.42. The summed E-state index contributed by atoms with van der Waals surface area (Å²) in [5, 5.41) is 0. The van der Waals surface area contributed by atoms with E-state index in [0.29, 0.717) is 4.75 Å². The van der Waals surface area contributed by atoms with E-state index >= 15 is 0 Å². The Labute approximate surface area is 111 Å². The lowest BCUT2D eigenvalue weighted by atomic mass is 9.80. The molecule has 0 spiro atoms. The van der Waals surface area contributed by atoms with Gasteiger partial charge in [0, 0.05) is 29.1 Å². The Morgan fingerprint density at radius 1 is 1.18 bits per heavy atom. The van der Waals surface area contributed by atoms with E-state index in [1.165, 1.54) is 63.9 Å². The first-order valence-corrected chi connectivity index (χ1v) is 8.13. The van der Waals surface area contributed by atoms with Crippen LogP contribution in [0.3, 0.4) is 0 Å². The fourth-order valence-electron chi connectivity index (χ4n) is 3.19. The molecule has 1 aliphatic carbocycles. The van der Waals surface area contributed by atoms with E-state index in [1.54, 1.807) is 0 Å². The third-order valence-electron chi connectivity index (χ3n) is 4.28. The Hall–Kier alpha value is 0.270. The van der Waals surface area contributed by atoms with E-state index in [2.05, 4.69) is 30.5 Å². The predicted molar refractivity (Wildman–Crippen MR) is 77.6 cm³/mol. The van der Waals surface area contributed by atoms with Crippen LogP contribution in [0, 0.1) is 0 Å². The Morgan fingerprint density at radius 3 is 2.53 bits per heavy atom. The molecule has 1 aliphatic heterocycles. The maximum Gasteiger partial charge on any atom is 0.0231 e. The third kappa shape index (κ3) is 4.15. The highest BCUT2D eigenvalue weighted by Crippen LogP contribution is 2.32. The highest BCUT2D eigenvalue weighted by molar-refractivity contribution is 8.00. The van der Waals surface area contributed by atoms with Crippen molar-refractivity contribution < 1.29 is 0 Å². The van der Waals surface area contributed by atoms with Crippen molar-refractivity contribution in [1.29, 1.82) is 0 Å². The van der Waals surface area contributed by atoms with Gasteiger partial charge in [0.15, 0.2) is 0 Å². The van der Waals surface area contributed by atoms with Crippen molar-refractivity contribution >= 4 is 11.8 Å². The van der Waals surface area contributed by atoms with Crippen molar-refractivity contribution in [3.8, 4) is 0 Å². The van der Waals surface area contributed by atoms with Crippen molar-refractivity contribution in [2.45, 2.75) is 62.7 Å². The molecule has 2 aliphatic rings. The molecular formula is C14H28N2S. The van der Waals surface area contributed by atoms with Crippen LogP contribution in [0.25, 0.3) is 0 Å². The first-order chi connectivity index (χ1) is 7.99. The fourth-order valence-corrected chi connectivity index (χ4v) is 4.37. The molecule has 2 fully saturated rings. The van der Waals surface area contributed by atoms with Gasteiger partial charge in [0.25, 0.3) is 0 Å². The van der Waals surface area contributed by atoms with Crippen LogP contribution >= 0.6 is 11.8 Å². The number of nitrogens with two attached hydrogens (primary N) is 1. The van der Waals surface area contributed by atoms with E-state index in [4.69, 9.17) is 5.73 Å². The van der Waals surface area contributed by atoms with Crippen molar-refractivity contribution in [2.24, 2.45) is 5.73 Å². The van der Waals surface area contributed by atoms with Crippen molar-refractivity contribution in [3.63, 3.8) is 0 Å². The molecule has 0 unspecified atom stereocenters. The van der Waals surface area contributed by atoms with Gasteiger partial charge in [-0.05, 0) is 39.7 Å². The molecule has 0 bridgehead atoms. The monoisotopic (exact) mass is 256 g/mol. The van der Waals surface area contributed by atoms with E-state index in [9.17, 15) is 0 Å². The van der Waals surface area contributed by atoms with Crippen LogP contribution in [0.4, 0.5) is 0 Å². The van der Waals surface area contributed by atoms with Gasteiger partial charge in [-0.1, -0.05) is 19.3 Å². The van der Waals surface area contributed by atoms with Gasteiger partial charge in [-0.25, -0.2) is 0 Å². The highest BCUT2D eigenvalue weighted by atomic mass is 32.2. The second-order valence-corrected chi connectivity index (χ2v) is 8.36. The van der Waals surface area contributed by atoms with Crippen LogP contribution in [-0.4, -0.2) is 40.6 Å². The molecule has 2 N–H and O–H groups in total. The number of hydrogen-bond acceptors (Lipinski definition) is 3. The Kier molecular flexibility index (Phi) is 4.43. The molecule has 3 heteroatoms. The Balaban J connectivity index is 1.77. The molecule has 0 aromatic carbocycles. The molecule has 17 heavy (non-hydrogen) atoms. The minimum atomic E-state index is 0.160. The molecule has 0 atom stereocenters. The second-order valence-electron chi connectivity index (χ2n) is 6.56. The lowest BCUT2D eigenvalue weighted by Crippen LogP contribution is -2.48. The number of nitrogens with zero attached hydrogens (tertiary/aromatic N) is 1. The summed E-state index contributed by atoms with van der Waals surface area (Å²) >= 11 is 2.11. The summed E-state index contributed by atoms with van der Waals surface area (Å²) < 4.78 is 0.437. The predicted octanol–water partition coefficient (Wildman–Crippen LogP) is 2.87. The van der Waals surface area contributed by atoms with Gasteiger partial charge in [-0.2, -0.15) is 11.8 Å². The van der Waals surface area contributed by atoms with Gasteiger partial charge in [-0.3, -0.25) is 0 Å². The van der Waals surface area contributed by atoms with Gasteiger partial charge in [0.05, 0.1) is 0 Å². The van der Waals surface area contributed by atoms with Crippen LogP contribution in [-0.2, 0) is 0 Å². The zero-order valence-electron chi connectivity index (χ0n) is 11.5. The van der Waals surface area contributed by atoms with Gasteiger partial charge < -0.3 is 10.6 Å². The molecule has 1 saturated heterocycles. The van der Waals surface area contributed by atoms with Crippen LogP contribution in [0.15, 0.2) is 0 Å². The average Bonchev–Trinajstić information content (AvgIpc) is 2.26. The summed E-state index contributed by atoms with van der Waals surface area (Å²) in [5.74, 6) is 1.28. The van der Waals surface area contributed by atoms with E-state index in [1.807, 2.05) is 0 Å². The minimum absolute atomic E-state index is 0.160. The standard InChI is InChI=1S/C14H28N2S/c1-13(2)12-16(10-11-17-13)9-8-14(15)6-4-3-5-7-14/h3-12,15H2,1-2H3. The van der Waals surface area contributed by atoms with Gasteiger partial charge in [-0.15, -0.1) is 0 Å². The van der Waals surface area contributed by atoms with Gasteiger partial charge >= 0.3 is 0 Å². The van der Waals surface area contributed by atoms with E-state index in [-0.39, 0.29) is 5.54 Å². The molecule has 2 nitrogen and oxygen atoms in total.